The second-order valence-corrected chi connectivity index (χ2v) is 6.85. The van der Waals surface area contributed by atoms with E-state index in [0.717, 1.165) is 16.8 Å². The molecule has 4 rings (SSSR count). The molecule has 2 aromatic carbocycles. The Hall–Kier alpha value is -3.15. The third kappa shape index (κ3) is 3.18. The zero-order valence-corrected chi connectivity index (χ0v) is 15.6. The van der Waals surface area contributed by atoms with E-state index in [-0.39, 0.29) is 11.8 Å². The number of amides is 1. The summed E-state index contributed by atoms with van der Waals surface area (Å²) in [6.07, 6.45) is 0.362. The third-order valence-electron chi connectivity index (χ3n) is 4.91. The minimum Gasteiger partial charge on any atom is -0.496 e. The first-order valence-corrected chi connectivity index (χ1v) is 8.91. The average Bonchev–Trinajstić information content (AvgIpc) is 3.29. The molecular formula is C21H21N3O3. The minimum atomic E-state index is -0.117. The summed E-state index contributed by atoms with van der Waals surface area (Å²) in [5, 5.41) is 4.10. The largest absolute Gasteiger partial charge is 0.496 e. The molecule has 0 spiro atoms. The van der Waals surface area contributed by atoms with Gasteiger partial charge in [-0.3, -0.25) is 4.79 Å². The fourth-order valence-corrected chi connectivity index (χ4v) is 3.55. The molecule has 1 aromatic heterocycles. The monoisotopic (exact) mass is 363 g/mol. The number of nitrogens with zero attached hydrogens (tertiary/aromatic N) is 3. The minimum absolute atomic E-state index is 0.0731. The number of carbonyl (C=O) groups is 1. The first kappa shape index (κ1) is 17.3. The van der Waals surface area contributed by atoms with Crippen LogP contribution in [-0.4, -0.2) is 29.7 Å². The molecule has 6 heteroatoms. The number of methoxy groups -OCH3 is 1. The van der Waals surface area contributed by atoms with Gasteiger partial charge in [-0.1, -0.05) is 35.0 Å². The molecule has 1 unspecified atom stereocenters. The third-order valence-corrected chi connectivity index (χ3v) is 4.91. The van der Waals surface area contributed by atoms with Crippen molar-refractivity contribution in [3.05, 3.63) is 59.5 Å². The highest BCUT2D eigenvalue weighted by molar-refractivity contribution is 5.97. The van der Waals surface area contributed by atoms with E-state index >= 15 is 0 Å². The lowest BCUT2D eigenvalue weighted by Crippen LogP contribution is -2.25. The highest BCUT2D eigenvalue weighted by Gasteiger charge is 2.35. The second kappa shape index (κ2) is 6.87. The quantitative estimate of drug-likeness (QED) is 0.703. The van der Waals surface area contributed by atoms with Crippen LogP contribution in [0.1, 0.15) is 29.4 Å². The van der Waals surface area contributed by atoms with Crippen LogP contribution >= 0.6 is 0 Å². The second-order valence-electron chi connectivity index (χ2n) is 6.85. The van der Waals surface area contributed by atoms with Gasteiger partial charge in [0.25, 0.3) is 0 Å². The molecule has 27 heavy (non-hydrogen) atoms. The number of benzene rings is 2. The first-order chi connectivity index (χ1) is 13.1. The van der Waals surface area contributed by atoms with E-state index in [1.807, 2.05) is 55.1 Å². The van der Waals surface area contributed by atoms with Crippen molar-refractivity contribution in [2.75, 3.05) is 18.6 Å². The number of rotatable bonds is 4. The van der Waals surface area contributed by atoms with E-state index in [1.54, 1.807) is 7.11 Å². The van der Waals surface area contributed by atoms with Crippen LogP contribution in [0.3, 0.4) is 0 Å². The molecule has 0 aliphatic carbocycles. The summed E-state index contributed by atoms with van der Waals surface area (Å²) in [6.45, 7) is 4.61. The standard InChI is InChI=1S/C21H21N3O3/c1-13-8-9-17(14(2)10-13)24-12-15(11-19(24)25)21-22-20(23-27-21)16-6-4-5-7-18(16)26-3/h4-10,15H,11-12H2,1-3H3. The van der Waals surface area contributed by atoms with E-state index in [9.17, 15) is 4.79 Å². The van der Waals surface area contributed by atoms with Gasteiger partial charge in [0.2, 0.25) is 17.6 Å². The number of aromatic nitrogens is 2. The average molecular weight is 363 g/mol. The summed E-state index contributed by atoms with van der Waals surface area (Å²) in [5.74, 6) is 1.60. The van der Waals surface area contributed by atoms with E-state index in [1.165, 1.54) is 5.56 Å². The number of anilines is 1. The van der Waals surface area contributed by atoms with Gasteiger partial charge in [-0.2, -0.15) is 4.98 Å². The Bertz CT molecular complexity index is 996. The zero-order chi connectivity index (χ0) is 19.0. The number of carbonyl (C=O) groups excluding carboxylic acids is 1. The molecule has 1 fully saturated rings. The van der Waals surface area contributed by atoms with Gasteiger partial charge in [-0.05, 0) is 37.6 Å². The summed E-state index contributed by atoms with van der Waals surface area (Å²) in [4.78, 5) is 18.9. The molecule has 138 valence electrons. The van der Waals surface area contributed by atoms with Gasteiger partial charge in [0.05, 0.1) is 18.6 Å². The molecular weight excluding hydrogens is 342 g/mol. The van der Waals surface area contributed by atoms with Crippen LogP contribution < -0.4 is 9.64 Å². The van der Waals surface area contributed by atoms with E-state index in [2.05, 4.69) is 16.2 Å². The lowest BCUT2D eigenvalue weighted by molar-refractivity contribution is -0.117. The molecule has 0 N–H and O–H groups in total. The Kier molecular flexibility index (Phi) is 4.39. The van der Waals surface area contributed by atoms with Gasteiger partial charge in [-0.25, -0.2) is 0 Å². The molecule has 0 bridgehead atoms. The van der Waals surface area contributed by atoms with Gasteiger partial charge in [0.15, 0.2) is 0 Å². The topological polar surface area (TPSA) is 68.5 Å². The molecule has 0 radical (unpaired) electrons. The van der Waals surface area contributed by atoms with Crippen molar-refractivity contribution in [1.82, 2.24) is 10.1 Å². The van der Waals surface area contributed by atoms with Crippen molar-refractivity contribution in [1.29, 1.82) is 0 Å². The Morgan fingerprint density at radius 3 is 2.78 bits per heavy atom. The molecule has 1 aliphatic heterocycles. The molecule has 0 saturated carbocycles. The van der Waals surface area contributed by atoms with Gasteiger partial charge in [0, 0.05) is 18.7 Å². The lowest BCUT2D eigenvalue weighted by atomic mass is 10.1. The molecule has 1 saturated heterocycles. The van der Waals surface area contributed by atoms with Crippen LogP contribution in [0.2, 0.25) is 0 Å². The van der Waals surface area contributed by atoms with Crippen LogP contribution in [0.25, 0.3) is 11.4 Å². The SMILES string of the molecule is COc1ccccc1-c1noc(C2CC(=O)N(c3ccc(C)cc3C)C2)n1. The van der Waals surface area contributed by atoms with Crippen molar-refractivity contribution >= 4 is 11.6 Å². The summed E-state index contributed by atoms with van der Waals surface area (Å²) in [5.41, 5.74) is 3.98. The number of para-hydroxylation sites is 1. The van der Waals surface area contributed by atoms with E-state index < -0.39 is 0 Å². The molecule has 1 atom stereocenters. The fraction of sp³-hybridized carbons (Fsp3) is 0.286. The Morgan fingerprint density at radius 2 is 2.00 bits per heavy atom. The summed E-state index contributed by atoms with van der Waals surface area (Å²) < 4.78 is 10.9. The highest BCUT2D eigenvalue weighted by atomic mass is 16.5. The fourth-order valence-electron chi connectivity index (χ4n) is 3.55. The van der Waals surface area contributed by atoms with Crippen LogP contribution in [0.4, 0.5) is 5.69 Å². The predicted octanol–water partition coefficient (Wildman–Crippen LogP) is 3.88. The van der Waals surface area contributed by atoms with Crippen molar-refractivity contribution in [2.24, 2.45) is 0 Å². The Balaban J connectivity index is 1.59. The molecule has 6 nitrogen and oxygen atoms in total. The molecule has 2 heterocycles. The Labute approximate surface area is 157 Å². The van der Waals surface area contributed by atoms with Crippen LogP contribution in [0.15, 0.2) is 47.0 Å². The van der Waals surface area contributed by atoms with Crippen LogP contribution in [-0.2, 0) is 4.79 Å². The normalized spacial score (nSPS) is 16.8. The zero-order valence-electron chi connectivity index (χ0n) is 15.6. The smallest absolute Gasteiger partial charge is 0.232 e. The maximum atomic E-state index is 12.6. The van der Waals surface area contributed by atoms with Crippen molar-refractivity contribution in [3.8, 4) is 17.1 Å². The van der Waals surface area contributed by atoms with Gasteiger partial charge >= 0.3 is 0 Å². The van der Waals surface area contributed by atoms with Gasteiger partial charge < -0.3 is 14.2 Å². The van der Waals surface area contributed by atoms with E-state index in [0.29, 0.717) is 30.4 Å². The van der Waals surface area contributed by atoms with Crippen molar-refractivity contribution < 1.29 is 14.1 Å². The number of aryl methyl sites for hydroxylation is 2. The summed E-state index contributed by atoms with van der Waals surface area (Å²) in [7, 11) is 1.61. The summed E-state index contributed by atoms with van der Waals surface area (Å²) >= 11 is 0. The first-order valence-electron chi connectivity index (χ1n) is 8.91. The maximum Gasteiger partial charge on any atom is 0.232 e. The summed E-state index contributed by atoms with van der Waals surface area (Å²) in [6, 6.07) is 13.6. The van der Waals surface area contributed by atoms with Crippen LogP contribution in [0.5, 0.6) is 5.75 Å². The molecule has 3 aromatic rings. The highest BCUT2D eigenvalue weighted by Crippen LogP contribution is 2.34. The number of hydrogen-bond donors (Lipinski definition) is 0. The molecule has 1 aliphatic rings. The van der Waals surface area contributed by atoms with E-state index in [4.69, 9.17) is 9.26 Å². The lowest BCUT2D eigenvalue weighted by Gasteiger charge is -2.19. The van der Waals surface area contributed by atoms with Gasteiger partial charge in [-0.15, -0.1) is 0 Å². The van der Waals surface area contributed by atoms with Crippen molar-refractivity contribution in [3.63, 3.8) is 0 Å². The molecule has 1 amide bonds. The number of ether oxygens (including phenoxy) is 1. The van der Waals surface area contributed by atoms with Crippen LogP contribution in [0, 0.1) is 13.8 Å². The maximum absolute atomic E-state index is 12.6. The Morgan fingerprint density at radius 1 is 1.19 bits per heavy atom. The predicted molar refractivity (Wildman–Crippen MR) is 102 cm³/mol. The van der Waals surface area contributed by atoms with Gasteiger partial charge in [0.1, 0.15) is 5.75 Å². The number of hydrogen-bond acceptors (Lipinski definition) is 5. The van der Waals surface area contributed by atoms with Crippen molar-refractivity contribution in [2.45, 2.75) is 26.2 Å².